The summed E-state index contributed by atoms with van der Waals surface area (Å²) in [6, 6.07) is 0.512. The molecule has 0 atom stereocenters. The lowest BCUT2D eigenvalue weighted by molar-refractivity contribution is 0.0203. The van der Waals surface area contributed by atoms with Crippen molar-refractivity contribution in [3.63, 3.8) is 0 Å². The number of hydrogen-bond donors (Lipinski definition) is 1. The third kappa shape index (κ3) is 9.15. The van der Waals surface area contributed by atoms with E-state index in [9.17, 15) is 4.79 Å². The number of amides is 1. The zero-order valence-corrected chi connectivity index (χ0v) is 14.0. The molecule has 0 aromatic carbocycles. The molecule has 20 heavy (non-hydrogen) atoms. The normalized spacial score (nSPS) is 11.8. The molecule has 5 nitrogen and oxygen atoms in total. The van der Waals surface area contributed by atoms with Gasteiger partial charge < -0.3 is 19.7 Å². The standard InChI is InChI=1S/C15H32N2O3/c1-7-13(8-2)16-9-10-17(11-12-19-6)14(18)20-15(3,4)5/h13,16H,7-12H2,1-6H3. The third-order valence-corrected chi connectivity index (χ3v) is 3.02. The minimum Gasteiger partial charge on any atom is -0.444 e. The minimum absolute atomic E-state index is 0.277. The van der Waals surface area contributed by atoms with Crippen LogP contribution in [-0.2, 0) is 9.47 Å². The highest BCUT2D eigenvalue weighted by atomic mass is 16.6. The Morgan fingerprint density at radius 3 is 2.25 bits per heavy atom. The number of nitrogens with zero attached hydrogens (tertiary/aromatic N) is 1. The van der Waals surface area contributed by atoms with E-state index in [0.29, 0.717) is 25.7 Å². The Balaban J connectivity index is 4.30. The van der Waals surface area contributed by atoms with Crippen LogP contribution in [0.5, 0.6) is 0 Å². The molecule has 0 radical (unpaired) electrons. The average molecular weight is 288 g/mol. The van der Waals surface area contributed by atoms with Gasteiger partial charge in [0.15, 0.2) is 0 Å². The number of rotatable bonds is 9. The highest BCUT2D eigenvalue weighted by molar-refractivity contribution is 5.68. The quantitative estimate of drug-likeness (QED) is 0.708. The number of methoxy groups -OCH3 is 1. The Kier molecular flexibility index (Phi) is 9.59. The van der Waals surface area contributed by atoms with Gasteiger partial charge in [-0.05, 0) is 33.6 Å². The first kappa shape index (κ1) is 19.2. The van der Waals surface area contributed by atoms with E-state index in [-0.39, 0.29) is 6.09 Å². The van der Waals surface area contributed by atoms with Gasteiger partial charge in [0.05, 0.1) is 6.61 Å². The maximum atomic E-state index is 12.1. The van der Waals surface area contributed by atoms with Crippen LogP contribution in [0.3, 0.4) is 0 Å². The smallest absolute Gasteiger partial charge is 0.410 e. The largest absolute Gasteiger partial charge is 0.444 e. The summed E-state index contributed by atoms with van der Waals surface area (Å²) in [6.07, 6.45) is 1.92. The minimum atomic E-state index is -0.467. The predicted octanol–water partition coefficient (Wildman–Crippen LogP) is 2.65. The van der Waals surface area contributed by atoms with Gasteiger partial charge in [0.25, 0.3) is 0 Å². The van der Waals surface area contributed by atoms with E-state index >= 15 is 0 Å². The monoisotopic (exact) mass is 288 g/mol. The molecule has 120 valence electrons. The van der Waals surface area contributed by atoms with Crippen molar-refractivity contribution in [2.75, 3.05) is 33.4 Å². The van der Waals surface area contributed by atoms with Crippen LogP contribution in [0.15, 0.2) is 0 Å². The zero-order valence-electron chi connectivity index (χ0n) is 14.0. The third-order valence-electron chi connectivity index (χ3n) is 3.02. The first-order chi connectivity index (χ1) is 9.34. The van der Waals surface area contributed by atoms with Gasteiger partial charge in [0.1, 0.15) is 5.60 Å². The van der Waals surface area contributed by atoms with E-state index in [0.717, 1.165) is 19.4 Å². The Morgan fingerprint density at radius 2 is 1.80 bits per heavy atom. The average Bonchev–Trinajstić information content (AvgIpc) is 2.36. The Bertz CT molecular complexity index is 260. The lowest BCUT2D eigenvalue weighted by Gasteiger charge is -2.28. The molecule has 0 rings (SSSR count). The number of carbonyl (C=O) groups is 1. The lowest BCUT2D eigenvalue weighted by atomic mass is 10.2. The molecule has 0 aromatic heterocycles. The van der Waals surface area contributed by atoms with Crippen molar-refractivity contribution in [2.24, 2.45) is 0 Å². The van der Waals surface area contributed by atoms with Gasteiger partial charge in [-0.25, -0.2) is 4.79 Å². The molecule has 0 spiro atoms. The van der Waals surface area contributed by atoms with Crippen molar-refractivity contribution >= 4 is 6.09 Å². The van der Waals surface area contributed by atoms with E-state index in [1.165, 1.54) is 0 Å². The van der Waals surface area contributed by atoms with Crippen LogP contribution in [-0.4, -0.2) is 56.0 Å². The SMILES string of the molecule is CCC(CC)NCCN(CCOC)C(=O)OC(C)(C)C. The van der Waals surface area contributed by atoms with E-state index in [1.807, 2.05) is 20.8 Å². The molecule has 1 N–H and O–H groups in total. The maximum absolute atomic E-state index is 12.1. The van der Waals surface area contributed by atoms with E-state index < -0.39 is 5.60 Å². The molecule has 0 aliphatic heterocycles. The molecule has 0 bridgehead atoms. The highest BCUT2D eigenvalue weighted by Gasteiger charge is 2.21. The van der Waals surface area contributed by atoms with Crippen molar-refractivity contribution in [1.82, 2.24) is 10.2 Å². The molecule has 0 aliphatic carbocycles. The van der Waals surface area contributed by atoms with Gasteiger partial charge in [0.2, 0.25) is 0 Å². The van der Waals surface area contributed by atoms with Crippen LogP contribution in [0.2, 0.25) is 0 Å². The molecule has 0 unspecified atom stereocenters. The second-order valence-corrected chi connectivity index (χ2v) is 5.93. The molecular formula is C15H32N2O3. The Morgan fingerprint density at radius 1 is 1.20 bits per heavy atom. The van der Waals surface area contributed by atoms with Crippen LogP contribution in [0.1, 0.15) is 47.5 Å². The van der Waals surface area contributed by atoms with Crippen LogP contribution in [0.25, 0.3) is 0 Å². The molecular weight excluding hydrogens is 256 g/mol. The van der Waals surface area contributed by atoms with Crippen LogP contribution >= 0.6 is 0 Å². The molecule has 0 fully saturated rings. The summed E-state index contributed by atoms with van der Waals surface area (Å²) < 4.78 is 10.5. The van der Waals surface area contributed by atoms with E-state index in [1.54, 1.807) is 12.0 Å². The molecule has 0 aromatic rings. The summed E-state index contributed by atoms with van der Waals surface area (Å²) in [5, 5.41) is 3.45. The first-order valence-electron chi connectivity index (χ1n) is 7.54. The lowest BCUT2D eigenvalue weighted by Crippen LogP contribution is -2.43. The van der Waals surface area contributed by atoms with E-state index in [4.69, 9.17) is 9.47 Å². The topological polar surface area (TPSA) is 50.8 Å². The summed E-state index contributed by atoms with van der Waals surface area (Å²) >= 11 is 0. The van der Waals surface area contributed by atoms with Gasteiger partial charge >= 0.3 is 6.09 Å². The number of nitrogens with one attached hydrogen (secondary N) is 1. The number of ether oxygens (including phenoxy) is 2. The fourth-order valence-electron chi connectivity index (χ4n) is 1.80. The molecule has 0 saturated heterocycles. The fraction of sp³-hybridized carbons (Fsp3) is 0.933. The Labute approximate surface area is 124 Å². The van der Waals surface area contributed by atoms with Crippen molar-refractivity contribution < 1.29 is 14.3 Å². The summed E-state index contributed by atoms with van der Waals surface area (Å²) in [7, 11) is 1.63. The summed E-state index contributed by atoms with van der Waals surface area (Å²) in [5.74, 6) is 0. The van der Waals surface area contributed by atoms with Gasteiger partial charge in [-0.1, -0.05) is 13.8 Å². The summed E-state index contributed by atoms with van der Waals surface area (Å²) in [5.41, 5.74) is -0.467. The second kappa shape index (κ2) is 10.00. The molecule has 0 saturated carbocycles. The van der Waals surface area contributed by atoms with Gasteiger partial charge in [-0.2, -0.15) is 0 Å². The van der Waals surface area contributed by atoms with Crippen molar-refractivity contribution in [3.05, 3.63) is 0 Å². The van der Waals surface area contributed by atoms with Crippen LogP contribution in [0.4, 0.5) is 4.79 Å². The number of carbonyl (C=O) groups excluding carboxylic acids is 1. The zero-order chi connectivity index (χ0) is 15.6. The maximum Gasteiger partial charge on any atom is 0.410 e. The molecule has 0 heterocycles. The second-order valence-electron chi connectivity index (χ2n) is 5.93. The molecule has 1 amide bonds. The van der Waals surface area contributed by atoms with Gasteiger partial charge in [-0.15, -0.1) is 0 Å². The highest BCUT2D eigenvalue weighted by Crippen LogP contribution is 2.09. The van der Waals surface area contributed by atoms with E-state index in [2.05, 4.69) is 19.2 Å². The summed E-state index contributed by atoms with van der Waals surface area (Å²) in [4.78, 5) is 13.8. The first-order valence-corrected chi connectivity index (χ1v) is 7.54. The predicted molar refractivity (Wildman–Crippen MR) is 82.1 cm³/mol. The van der Waals surface area contributed by atoms with Crippen molar-refractivity contribution in [1.29, 1.82) is 0 Å². The molecule has 5 heteroatoms. The fourth-order valence-corrected chi connectivity index (χ4v) is 1.80. The molecule has 0 aliphatic rings. The van der Waals surface area contributed by atoms with Gasteiger partial charge in [0, 0.05) is 32.8 Å². The van der Waals surface area contributed by atoms with Crippen LogP contribution < -0.4 is 5.32 Å². The Hall–Kier alpha value is -0.810. The summed E-state index contributed by atoms with van der Waals surface area (Å²) in [6.45, 7) is 12.4. The van der Waals surface area contributed by atoms with Crippen LogP contribution in [0, 0.1) is 0 Å². The van der Waals surface area contributed by atoms with Gasteiger partial charge in [-0.3, -0.25) is 0 Å². The van der Waals surface area contributed by atoms with Crippen molar-refractivity contribution in [2.45, 2.75) is 59.1 Å². The number of hydrogen-bond acceptors (Lipinski definition) is 4. The van der Waals surface area contributed by atoms with Crippen molar-refractivity contribution in [3.8, 4) is 0 Å².